The number of benzene rings is 1. The topological polar surface area (TPSA) is 38.9 Å². The fraction of sp³-hybridized carbons (Fsp3) is 0.214. The Hall–Kier alpha value is -1.95. The van der Waals surface area contributed by atoms with Gasteiger partial charge in [0, 0.05) is 18.4 Å². The van der Waals surface area contributed by atoms with E-state index in [0.29, 0.717) is 5.56 Å². The molecule has 0 aliphatic carbocycles. The predicted octanol–water partition coefficient (Wildman–Crippen LogP) is 3.48. The minimum atomic E-state index is -4.47. The van der Waals surface area contributed by atoms with E-state index in [1.807, 2.05) is 0 Å². The number of hydrogen-bond donors (Lipinski definition) is 1. The maximum absolute atomic E-state index is 12.9. The zero-order chi connectivity index (χ0) is 14.8. The molecule has 0 radical (unpaired) electrons. The molecule has 0 saturated carbocycles. The van der Waals surface area contributed by atoms with Gasteiger partial charge in [0.25, 0.3) is 0 Å². The lowest BCUT2D eigenvalue weighted by molar-refractivity contribution is -0.138. The zero-order valence-electron chi connectivity index (χ0n) is 10.4. The molecule has 1 atom stereocenters. The summed E-state index contributed by atoms with van der Waals surface area (Å²) in [4.78, 5) is 3.70. The van der Waals surface area contributed by atoms with Gasteiger partial charge in [0.2, 0.25) is 0 Å². The average molecular weight is 284 g/mol. The third kappa shape index (κ3) is 3.33. The number of halogens is 4. The van der Waals surface area contributed by atoms with Crippen LogP contribution in [-0.2, 0) is 12.6 Å². The number of aromatic nitrogens is 1. The van der Waals surface area contributed by atoms with Gasteiger partial charge >= 0.3 is 6.18 Å². The smallest absolute Gasteiger partial charge is 0.324 e. The normalized spacial score (nSPS) is 13.2. The van der Waals surface area contributed by atoms with Gasteiger partial charge in [-0.25, -0.2) is 4.39 Å². The van der Waals surface area contributed by atoms with Gasteiger partial charge in [-0.1, -0.05) is 12.1 Å². The Bertz CT molecular complexity index is 578. The molecule has 0 aliphatic heterocycles. The van der Waals surface area contributed by atoms with Crippen molar-refractivity contribution in [1.82, 2.24) is 4.98 Å². The lowest BCUT2D eigenvalue weighted by atomic mass is 9.97. The molecule has 1 aromatic heterocycles. The number of alkyl halides is 3. The van der Waals surface area contributed by atoms with E-state index in [4.69, 9.17) is 5.73 Å². The van der Waals surface area contributed by atoms with Crippen LogP contribution in [0.5, 0.6) is 0 Å². The number of nitrogens with two attached hydrogens (primary N) is 1. The Balaban J connectivity index is 2.25. The van der Waals surface area contributed by atoms with Crippen molar-refractivity contribution < 1.29 is 17.6 Å². The Labute approximate surface area is 113 Å². The molecule has 106 valence electrons. The first-order valence-electron chi connectivity index (χ1n) is 5.89. The van der Waals surface area contributed by atoms with Crippen LogP contribution in [0.2, 0.25) is 0 Å². The van der Waals surface area contributed by atoms with E-state index in [-0.39, 0.29) is 12.0 Å². The molecule has 2 N–H and O–H groups in total. The van der Waals surface area contributed by atoms with Crippen molar-refractivity contribution in [3.8, 4) is 0 Å². The van der Waals surface area contributed by atoms with Crippen molar-refractivity contribution in [3.63, 3.8) is 0 Å². The molecule has 2 aromatic rings. The standard InChI is InChI=1S/C14H12F4N2/c15-10-3-1-9(2-4-10)7-13(19)11-8-20-6-5-12(11)14(16,17)18/h1-6,8,13H,7,19H2. The van der Waals surface area contributed by atoms with Gasteiger partial charge in [0.15, 0.2) is 0 Å². The molecular formula is C14H12F4N2. The Morgan fingerprint density at radius 1 is 1.10 bits per heavy atom. The van der Waals surface area contributed by atoms with Crippen LogP contribution in [0, 0.1) is 5.82 Å². The second-order valence-corrected chi connectivity index (χ2v) is 4.40. The molecule has 1 unspecified atom stereocenters. The summed E-state index contributed by atoms with van der Waals surface area (Å²) in [6.07, 6.45) is -2.10. The summed E-state index contributed by atoms with van der Waals surface area (Å²) in [6.45, 7) is 0. The number of nitrogens with zero attached hydrogens (tertiary/aromatic N) is 1. The van der Waals surface area contributed by atoms with E-state index in [1.165, 1.54) is 24.3 Å². The van der Waals surface area contributed by atoms with Crippen molar-refractivity contribution in [2.45, 2.75) is 18.6 Å². The summed E-state index contributed by atoms with van der Waals surface area (Å²) in [5.41, 5.74) is 5.64. The zero-order valence-corrected chi connectivity index (χ0v) is 10.4. The van der Waals surface area contributed by atoms with Crippen LogP contribution in [0.1, 0.15) is 22.7 Å². The number of rotatable bonds is 3. The monoisotopic (exact) mass is 284 g/mol. The molecule has 1 heterocycles. The minimum Gasteiger partial charge on any atom is -0.324 e. The van der Waals surface area contributed by atoms with Gasteiger partial charge in [-0.2, -0.15) is 13.2 Å². The maximum Gasteiger partial charge on any atom is 0.416 e. The summed E-state index contributed by atoms with van der Waals surface area (Å²) in [7, 11) is 0. The second kappa shape index (κ2) is 5.58. The van der Waals surface area contributed by atoms with Crippen molar-refractivity contribution in [2.24, 2.45) is 5.73 Å². The molecule has 0 bridgehead atoms. The molecule has 6 heteroatoms. The molecule has 2 rings (SSSR count). The highest BCUT2D eigenvalue weighted by Crippen LogP contribution is 2.34. The summed E-state index contributed by atoms with van der Waals surface area (Å²) >= 11 is 0. The first-order valence-corrected chi connectivity index (χ1v) is 5.89. The highest BCUT2D eigenvalue weighted by molar-refractivity contribution is 5.31. The molecule has 2 nitrogen and oxygen atoms in total. The second-order valence-electron chi connectivity index (χ2n) is 4.40. The Morgan fingerprint density at radius 2 is 1.75 bits per heavy atom. The number of hydrogen-bond acceptors (Lipinski definition) is 2. The van der Waals surface area contributed by atoms with Crippen molar-refractivity contribution in [3.05, 3.63) is 65.2 Å². The van der Waals surface area contributed by atoms with Crippen LogP contribution in [0.15, 0.2) is 42.7 Å². The van der Waals surface area contributed by atoms with E-state index in [9.17, 15) is 17.6 Å². The van der Waals surface area contributed by atoms with Crippen LogP contribution in [-0.4, -0.2) is 4.98 Å². The van der Waals surface area contributed by atoms with Gasteiger partial charge in [-0.3, -0.25) is 4.98 Å². The highest BCUT2D eigenvalue weighted by atomic mass is 19.4. The summed E-state index contributed by atoms with van der Waals surface area (Å²) in [5.74, 6) is -0.403. The third-order valence-electron chi connectivity index (χ3n) is 2.93. The third-order valence-corrected chi connectivity index (χ3v) is 2.93. The van der Waals surface area contributed by atoms with Gasteiger partial charge in [0.05, 0.1) is 5.56 Å². The van der Waals surface area contributed by atoms with Gasteiger partial charge in [0.1, 0.15) is 5.82 Å². The van der Waals surface area contributed by atoms with E-state index in [0.717, 1.165) is 18.5 Å². The average Bonchev–Trinajstić information content (AvgIpc) is 2.40. The van der Waals surface area contributed by atoms with Gasteiger partial charge in [-0.05, 0) is 35.7 Å². The predicted molar refractivity (Wildman–Crippen MR) is 66.3 cm³/mol. The largest absolute Gasteiger partial charge is 0.416 e. The van der Waals surface area contributed by atoms with Gasteiger partial charge < -0.3 is 5.73 Å². The van der Waals surface area contributed by atoms with Gasteiger partial charge in [-0.15, -0.1) is 0 Å². The van der Waals surface area contributed by atoms with Crippen molar-refractivity contribution in [2.75, 3.05) is 0 Å². The van der Waals surface area contributed by atoms with Crippen LogP contribution in [0.3, 0.4) is 0 Å². The van der Waals surface area contributed by atoms with Crippen LogP contribution in [0.4, 0.5) is 17.6 Å². The fourth-order valence-corrected chi connectivity index (χ4v) is 1.94. The molecule has 0 fully saturated rings. The Morgan fingerprint density at radius 3 is 2.35 bits per heavy atom. The maximum atomic E-state index is 12.9. The molecule has 20 heavy (non-hydrogen) atoms. The molecule has 0 spiro atoms. The van der Waals surface area contributed by atoms with Crippen LogP contribution >= 0.6 is 0 Å². The lowest BCUT2D eigenvalue weighted by Crippen LogP contribution is -2.19. The van der Waals surface area contributed by atoms with Crippen LogP contribution in [0.25, 0.3) is 0 Å². The molecule has 0 saturated heterocycles. The first-order chi connectivity index (χ1) is 9.38. The molecular weight excluding hydrogens is 272 g/mol. The van der Waals surface area contributed by atoms with E-state index < -0.39 is 23.6 Å². The summed E-state index contributed by atoms with van der Waals surface area (Å²) in [6, 6.07) is 5.54. The molecule has 0 aliphatic rings. The molecule has 1 aromatic carbocycles. The minimum absolute atomic E-state index is 0.0654. The fourth-order valence-electron chi connectivity index (χ4n) is 1.94. The van der Waals surface area contributed by atoms with Crippen molar-refractivity contribution >= 4 is 0 Å². The lowest BCUT2D eigenvalue weighted by Gasteiger charge is -2.17. The Kier molecular flexibility index (Phi) is 4.04. The summed E-state index contributed by atoms with van der Waals surface area (Å²) in [5, 5.41) is 0. The SMILES string of the molecule is NC(Cc1ccc(F)cc1)c1cnccc1C(F)(F)F. The van der Waals surface area contributed by atoms with E-state index in [2.05, 4.69) is 4.98 Å². The summed E-state index contributed by atoms with van der Waals surface area (Å²) < 4.78 is 51.4. The quantitative estimate of drug-likeness (QED) is 0.876. The molecule has 0 amide bonds. The first kappa shape index (κ1) is 14.5. The van der Waals surface area contributed by atoms with E-state index in [1.54, 1.807) is 0 Å². The van der Waals surface area contributed by atoms with E-state index >= 15 is 0 Å². The van der Waals surface area contributed by atoms with Crippen LogP contribution < -0.4 is 5.73 Å². The number of pyridine rings is 1. The van der Waals surface area contributed by atoms with Crippen molar-refractivity contribution in [1.29, 1.82) is 0 Å². The highest BCUT2D eigenvalue weighted by Gasteiger charge is 2.34.